The second-order valence-electron chi connectivity index (χ2n) is 7.29. The molecule has 132 valence electrons. The van der Waals surface area contributed by atoms with E-state index in [1.54, 1.807) is 0 Å². The lowest BCUT2D eigenvalue weighted by atomic mass is 10.0. The van der Waals surface area contributed by atoms with Gasteiger partial charge in [0.15, 0.2) is 0 Å². The van der Waals surface area contributed by atoms with Crippen molar-refractivity contribution in [1.82, 2.24) is 10.2 Å². The van der Waals surface area contributed by atoms with E-state index in [4.69, 9.17) is 5.11 Å². The van der Waals surface area contributed by atoms with Gasteiger partial charge in [-0.2, -0.15) is 0 Å². The average Bonchev–Trinajstić information content (AvgIpc) is 2.74. The predicted octanol–water partition coefficient (Wildman–Crippen LogP) is 1.03. The maximum atomic E-state index is 12.3. The van der Waals surface area contributed by atoms with Crippen LogP contribution in [0.2, 0.25) is 0 Å². The molecular formula is C16H28N2O4S. The maximum Gasteiger partial charge on any atom is 0.242 e. The van der Waals surface area contributed by atoms with E-state index in [-0.39, 0.29) is 60.3 Å². The van der Waals surface area contributed by atoms with Crippen molar-refractivity contribution in [2.75, 3.05) is 25.4 Å². The van der Waals surface area contributed by atoms with Crippen molar-refractivity contribution in [3.05, 3.63) is 0 Å². The number of likely N-dealkylation sites (tertiary alicyclic amines) is 1. The summed E-state index contributed by atoms with van der Waals surface area (Å²) in [6, 6.07) is 0. The quantitative estimate of drug-likeness (QED) is 0.642. The standard InChI is InChI=1S/C16H28N2O4S/c1-11(9-19)8-17-13(20)5-6-18-14(21)7-12(15(18)22)23-10-16(2,3)4/h11-12,19H,5-10H2,1-4H3,(H,17,20). The molecule has 0 aromatic heterocycles. The molecule has 0 aromatic carbocycles. The van der Waals surface area contributed by atoms with Gasteiger partial charge in [-0.25, -0.2) is 0 Å². The molecule has 0 aliphatic carbocycles. The van der Waals surface area contributed by atoms with Gasteiger partial charge in [0.1, 0.15) is 0 Å². The van der Waals surface area contributed by atoms with Crippen molar-refractivity contribution in [2.45, 2.75) is 45.8 Å². The van der Waals surface area contributed by atoms with Gasteiger partial charge in [-0.05, 0) is 17.1 Å². The SMILES string of the molecule is CC(CO)CNC(=O)CCN1C(=O)CC(SCC(C)(C)C)C1=O. The molecule has 0 bridgehead atoms. The van der Waals surface area contributed by atoms with Crippen LogP contribution in [0.3, 0.4) is 0 Å². The monoisotopic (exact) mass is 344 g/mol. The third-order valence-electron chi connectivity index (χ3n) is 3.44. The number of nitrogens with one attached hydrogen (secondary N) is 1. The van der Waals surface area contributed by atoms with Crippen LogP contribution in [0.1, 0.15) is 40.5 Å². The summed E-state index contributed by atoms with van der Waals surface area (Å²) in [5.41, 5.74) is 0.102. The summed E-state index contributed by atoms with van der Waals surface area (Å²) in [7, 11) is 0. The second-order valence-corrected chi connectivity index (χ2v) is 8.48. The van der Waals surface area contributed by atoms with E-state index >= 15 is 0 Å². The topological polar surface area (TPSA) is 86.7 Å². The van der Waals surface area contributed by atoms with E-state index in [2.05, 4.69) is 26.1 Å². The highest BCUT2D eigenvalue weighted by Crippen LogP contribution is 2.30. The number of thioether (sulfide) groups is 1. The molecule has 3 amide bonds. The fourth-order valence-corrected chi connectivity index (χ4v) is 3.25. The highest BCUT2D eigenvalue weighted by Gasteiger charge is 2.39. The normalized spacial score (nSPS) is 20.0. The van der Waals surface area contributed by atoms with Crippen molar-refractivity contribution in [2.24, 2.45) is 11.3 Å². The van der Waals surface area contributed by atoms with Gasteiger partial charge >= 0.3 is 0 Å². The van der Waals surface area contributed by atoms with Gasteiger partial charge in [0.05, 0.1) is 5.25 Å². The van der Waals surface area contributed by atoms with Crippen LogP contribution >= 0.6 is 11.8 Å². The van der Waals surface area contributed by atoms with Crippen LogP contribution in [0, 0.1) is 11.3 Å². The van der Waals surface area contributed by atoms with Gasteiger partial charge < -0.3 is 10.4 Å². The lowest BCUT2D eigenvalue weighted by molar-refractivity contribution is -0.138. The van der Waals surface area contributed by atoms with Crippen LogP contribution in [0.25, 0.3) is 0 Å². The van der Waals surface area contributed by atoms with Gasteiger partial charge in [-0.1, -0.05) is 27.7 Å². The predicted molar refractivity (Wildman–Crippen MR) is 90.9 cm³/mol. The number of nitrogens with zero attached hydrogens (tertiary/aromatic N) is 1. The molecule has 1 saturated heterocycles. The Labute approximate surface area is 142 Å². The number of aliphatic hydroxyl groups is 1. The first-order chi connectivity index (χ1) is 10.6. The molecule has 6 nitrogen and oxygen atoms in total. The molecule has 2 unspecified atom stereocenters. The second kappa shape index (κ2) is 8.68. The highest BCUT2D eigenvalue weighted by atomic mass is 32.2. The minimum atomic E-state index is -0.320. The van der Waals surface area contributed by atoms with Crippen LogP contribution in [0.15, 0.2) is 0 Å². The zero-order chi connectivity index (χ0) is 17.6. The summed E-state index contributed by atoms with van der Waals surface area (Å²) >= 11 is 1.52. The van der Waals surface area contributed by atoms with Crippen molar-refractivity contribution in [3.63, 3.8) is 0 Å². The minimum absolute atomic E-state index is 0.00724. The van der Waals surface area contributed by atoms with E-state index in [1.165, 1.54) is 16.7 Å². The lowest BCUT2D eigenvalue weighted by Gasteiger charge is -2.19. The van der Waals surface area contributed by atoms with E-state index in [0.717, 1.165) is 5.75 Å². The molecule has 2 N–H and O–H groups in total. The van der Waals surface area contributed by atoms with Crippen molar-refractivity contribution >= 4 is 29.5 Å². The Balaban J connectivity index is 2.41. The fraction of sp³-hybridized carbons (Fsp3) is 0.812. The third kappa shape index (κ3) is 6.91. The van der Waals surface area contributed by atoms with Crippen LogP contribution in [0.4, 0.5) is 0 Å². The smallest absolute Gasteiger partial charge is 0.242 e. The average molecular weight is 344 g/mol. The number of aliphatic hydroxyl groups excluding tert-OH is 1. The minimum Gasteiger partial charge on any atom is -0.396 e. The van der Waals surface area contributed by atoms with Crippen LogP contribution in [-0.4, -0.2) is 58.4 Å². The van der Waals surface area contributed by atoms with Gasteiger partial charge in [0.2, 0.25) is 17.7 Å². The van der Waals surface area contributed by atoms with E-state index in [9.17, 15) is 14.4 Å². The number of amides is 3. The summed E-state index contributed by atoms with van der Waals surface area (Å²) in [5, 5.41) is 11.3. The van der Waals surface area contributed by atoms with E-state index in [0.29, 0.717) is 6.54 Å². The molecule has 0 aromatic rings. The van der Waals surface area contributed by atoms with Gasteiger partial charge in [0.25, 0.3) is 0 Å². The Hall–Kier alpha value is -1.08. The Morgan fingerprint density at radius 2 is 2.09 bits per heavy atom. The lowest BCUT2D eigenvalue weighted by Crippen LogP contribution is -2.36. The molecule has 7 heteroatoms. The molecule has 0 spiro atoms. The number of carbonyl (C=O) groups is 3. The first-order valence-electron chi connectivity index (χ1n) is 7.97. The maximum absolute atomic E-state index is 12.3. The van der Waals surface area contributed by atoms with Crippen LogP contribution in [-0.2, 0) is 14.4 Å². The summed E-state index contributed by atoms with van der Waals surface area (Å²) in [5.74, 6) is 0.215. The Bertz CT molecular complexity index is 448. The van der Waals surface area contributed by atoms with Crippen molar-refractivity contribution in [1.29, 1.82) is 0 Å². The molecule has 0 radical (unpaired) electrons. The Morgan fingerprint density at radius 3 is 2.65 bits per heavy atom. The fourth-order valence-electron chi connectivity index (χ4n) is 2.02. The first kappa shape index (κ1) is 20.0. The van der Waals surface area contributed by atoms with E-state index < -0.39 is 0 Å². The molecule has 1 heterocycles. The van der Waals surface area contributed by atoms with Gasteiger partial charge in [-0.3, -0.25) is 19.3 Å². The summed E-state index contributed by atoms with van der Waals surface area (Å²) < 4.78 is 0. The summed E-state index contributed by atoms with van der Waals surface area (Å²) in [6.07, 6.45) is 0.328. The first-order valence-corrected chi connectivity index (χ1v) is 9.02. The van der Waals surface area contributed by atoms with Crippen LogP contribution < -0.4 is 5.32 Å². The van der Waals surface area contributed by atoms with Crippen LogP contribution in [0.5, 0.6) is 0 Å². The Kier molecular flexibility index (Phi) is 7.54. The number of imide groups is 1. The molecule has 1 fully saturated rings. The molecular weight excluding hydrogens is 316 g/mol. The van der Waals surface area contributed by atoms with Gasteiger partial charge in [0, 0.05) is 32.5 Å². The number of carbonyl (C=O) groups excluding carboxylic acids is 3. The molecule has 0 saturated carbocycles. The molecule has 1 aliphatic heterocycles. The van der Waals surface area contributed by atoms with Crippen molar-refractivity contribution < 1.29 is 19.5 Å². The largest absolute Gasteiger partial charge is 0.396 e. The molecule has 1 aliphatic rings. The third-order valence-corrected chi connectivity index (χ3v) is 5.25. The van der Waals surface area contributed by atoms with Crippen molar-refractivity contribution in [3.8, 4) is 0 Å². The molecule has 23 heavy (non-hydrogen) atoms. The highest BCUT2D eigenvalue weighted by molar-refractivity contribution is 8.00. The number of hydrogen-bond acceptors (Lipinski definition) is 5. The van der Waals surface area contributed by atoms with E-state index in [1.807, 2.05) is 6.92 Å². The molecule has 2 atom stereocenters. The summed E-state index contributed by atoms with van der Waals surface area (Å²) in [6.45, 7) is 8.63. The Morgan fingerprint density at radius 1 is 1.43 bits per heavy atom. The van der Waals surface area contributed by atoms with Gasteiger partial charge in [-0.15, -0.1) is 11.8 Å². The zero-order valence-corrected chi connectivity index (χ0v) is 15.2. The molecule has 1 rings (SSSR count). The zero-order valence-electron chi connectivity index (χ0n) is 14.4. The number of hydrogen-bond donors (Lipinski definition) is 2. The number of rotatable bonds is 8. The summed E-state index contributed by atoms with van der Waals surface area (Å²) in [4.78, 5) is 37.2.